The highest BCUT2D eigenvalue weighted by Gasteiger charge is 2.15. The third kappa shape index (κ3) is 3.04. The Kier molecular flexibility index (Phi) is 3.94. The van der Waals surface area contributed by atoms with E-state index in [-0.39, 0.29) is 0 Å². The summed E-state index contributed by atoms with van der Waals surface area (Å²) >= 11 is 1.70. The number of nitrogens with zero attached hydrogens (tertiary/aromatic N) is 3. The fourth-order valence-electron chi connectivity index (χ4n) is 2.65. The number of nitrogens with one attached hydrogen (secondary N) is 1. The van der Waals surface area contributed by atoms with E-state index in [1.165, 1.54) is 32.4 Å². The fraction of sp³-hybridized carbons (Fsp3) is 0.571. The van der Waals surface area contributed by atoms with Gasteiger partial charge in [0.2, 0.25) is 0 Å². The van der Waals surface area contributed by atoms with E-state index < -0.39 is 0 Å². The summed E-state index contributed by atoms with van der Waals surface area (Å²) in [5, 5.41) is 10.0. The van der Waals surface area contributed by atoms with Crippen molar-refractivity contribution in [2.75, 3.05) is 13.1 Å². The monoisotopic (exact) mass is 276 g/mol. The van der Waals surface area contributed by atoms with Crippen LogP contribution in [0.5, 0.6) is 0 Å². The first-order chi connectivity index (χ1) is 9.33. The molecule has 4 nitrogen and oxygen atoms in total. The Morgan fingerprint density at radius 2 is 2.26 bits per heavy atom. The third-order valence-corrected chi connectivity index (χ3v) is 4.70. The first-order valence-electron chi connectivity index (χ1n) is 6.97. The molecule has 19 heavy (non-hydrogen) atoms. The van der Waals surface area contributed by atoms with Gasteiger partial charge in [0.25, 0.3) is 0 Å². The van der Waals surface area contributed by atoms with Crippen LogP contribution < -0.4 is 5.32 Å². The maximum atomic E-state index is 4.68. The lowest BCUT2D eigenvalue weighted by Crippen LogP contribution is -2.28. The Hall–Kier alpha value is -1.20. The highest BCUT2D eigenvalue weighted by molar-refractivity contribution is 7.13. The molecule has 0 spiro atoms. The average Bonchev–Trinajstić information content (AvgIpc) is 3.07. The molecule has 0 bridgehead atoms. The van der Waals surface area contributed by atoms with Crippen molar-refractivity contribution in [1.29, 1.82) is 0 Å². The lowest BCUT2D eigenvalue weighted by molar-refractivity contribution is 0.351. The Balaban J connectivity index is 1.64. The van der Waals surface area contributed by atoms with Crippen molar-refractivity contribution in [2.45, 2.75) is 25.7 Å². The topological polar surface area (TPSA) is 42.7 Å². The second kappa shape index (κ2) is 5.84. The van der Waals surface area contributed by atoms with Gasteiger partial charge in [0.15, 0.2) is 5.82 Å². The summed E-state index contributed by atoms with van der Waals surface area (Å²) in [6.45, 7) is 2.34. The first kappa shape index (κ1) is 12.8. The lowest BCUT2D eigenvalue weighted by Gasteiger charge is -2.22. The fourth-order valence-corrected chi connectivity index (χ4v) is 3.30. The van der Waals surface area contributed by atoms with Crippen LogP contribution in [0, 0.1) is 5.92 Å². The molecule has 5 heteroatoms. The van der Waals surface area contributed by atoms with E-state index in [1.54, 1.807) is 11.3 Å². The van der Waals surface area contributed by atoms with Crippen LogP contribution in [-0.4, -0.2) is 27.9 Å². The van der Waals surface area contributed by atoms with Gasteiger partial charge < -0.3 is 5.32 Å². The van der Waals surface area contributed by atoms with Gasteiger partial charge in [-0.05, 0) is 49.7 Å². The summed E-state index contributed by atoms with van der Waals surface area (Å²) in [4.78, 5) is 5.84. The van der Waals surface area contributed by atoms with Gasteiger partial charge in [-0.25, -0.2) is 4.98 Å². The molecule has 0 aromatic carbocycles. The van der Waals surface area contributed by atoms with Gasteiger partial charge >= 0.3 is 0 Å². The van der Waals surface area contributed by atoms with Crippen LogP contribution in [0.3, 0.4) is 0 Å². The second-order valence-electron chi connectivity index (χ2n) is 5.18. The minimum Gasteiger partial charge on any atom is -0.317 e. The van der Waals surface area contributed by atoms with E-state index in [2.05, 4.69) is 26.8 Å². The molecule has 102 valence electrons. The molecule has 1 saturated heterocycles. The maximum absolute atomic E-state index is 4.68. The van der Waals surface area contributed by atoms with Crippen molar-refractivity contribution in [1.82, 2.24) is 20.1 Å². The van der Waals surface area contributed by atoms with Crippen LogP contribution in [0.1, 0.15) is 25.1 Å². The normalized spacial score (nSPS) is 16.9. The van der Waals surface area contributed by atoms with Gasteiger partial charge in [0, 0.05) is 13.5 Å². The molecular formula is C14H20N4S. The van der Waals surface area contributed by atoms with Gasteiger partial charge in [-0.15, -0.1) is 11.3 Å². The predicted octanol–water partition coefficient (Wildman–Crippen LogP) is 2.48. The zero-order valence-electron chi connectivity index (χ0n) is 11.3. The molecule has 1 N–H and O–H groups in total. The van der Waals surface area contributed by atoms with Crippen molar-refractivity contribution in [2.24, 2.45) is 13.0 Å². The summed E-state index contributed by atoms with van der Waals surface area (Å²) in [6.07, 6.45) is 4.88. The number of rotatable bonds is 4. The van der Waals surface area contributed by atoms with Crippen LogP contribution in [0.4, 0.5) is 0 Å². The molecule has 0 aliphatic carbocycles. The third-order valence-electron chi connectivity index (χ3n) is 3.83. The molecule has 0 saturated carbocycles. The Bertz CT molecular complexity index is 512. The standard InChI is InChI=1S/C14H20N4S/c1-18-13(5-4-11-6-8-15-9-7-11)16-14(17-18)12-3-2-10-19-12/h2-3,10-11,15H,4-9H2,1H3. The molecule has 3 heterocycles. The van der Waals surface area contributed by atoms with Gasteiger partial charge in [-0.3, -0.25) is 4.68 Å². The van der Waals surface area contributed by atoms with E-state index in [1.807, 2.05) is 17.8 Å². The van der Waals surface area contributed by atoms with Crippen LogP contribution in [0.25, 0.3) is 10.7 Å². The molecule has 0 amide bonds. The highest BCUT2D eigenvalue weighted by atomic mass is 32.1. The number of hydrogen-bond acceptors (Lipinski definition) is 4. The van der Waals surface area contributed by atoms with Crippen molar-refractivity contribution < 1.29 is 0 Å². The SMILES string of the molecule is Cn1nc(-c2cccs2)nc1CCC1CCNCC1. The molecule has 2 aromatic heterocycles. The number of aromatic nitrogens is 3. The summed E-state index contributed by atoms with van der Waals surface area (Å²) in [5.74, 6) is 2.84. The van der Waals surface area contributed by atoms with E-state index in [0.717, 1.165) is 28.9 Å². The predicted molar refractivity (Wildman–Crippen MR) is 78.2 cm³/mol. The molecule has 0 radical (unpaired) electrons. The zero-order valence-corrected chi connectivity index (χ0v) is 12.1. The Labute approximate surface area is 117 Å². The van der Waals surface area contributed by atoms with Crippen LogP contribution >= 0.6 is 11.3 Å². The first-order valence-corrected chi connectivity index (χ1v) is 7.85. The molecule has 2 aromatic rings. The quantitative estimate of drug-likeness (QED) is 0.933. The van der Waals surface area contributed by atoms with Crippen LogP contribution in [0.15, 0.2) is 17.5 Å². The number of hydrogen-bond donors (Lipinski definition) is 1. The van der Waals surface area contributed by atoms with Gasteiger partial charge in [0.05, 0.1) is 4.88 Å². The Morgan fingerprint density at radius 3 is 3.00 bits per heavy atom. The molecule has 0 atom stereocenters. The van der Waals surface area contributed by atoms with E-state index in [4.69, 9.17) is 0 Å². The van der Waals surface area contributed by atoms with Gasteiger partial charge in [-0.1, -0.05) is 6.07 Å². The lowest BCUT2D eigenvalue weighted by atomic mass is 9.93. The molecule has 1 fully saturated rings. The molecule has 3 rings (SSSR count). The largest absolute Gasteiger partial charge is 0.317 e. The number of piperidine rings is 1. The highest BCUT2D eigenvalue weighted by Crippen LogP contribution is 2.23. The second-order valence-corrected chi connectivity index (χ2v) is 6.13. The van der Waals surface area contributed by atoms with Gasteiger partial charge in [0.1, 0.15) is 5.82 Å². The number of thiophene rings is 1. The van der Waals surface area contributed by atoms with Crippen LogP contribution in [0.2, 0.25) is 0 Å². The minimum absolute atomic E-state index is 0.850. The Morgan fingerprint density at radius 1 is 1.42 bits per heavy atom. The molecule has 1 aliphatic rings. The van der Waals surface area contributed by atoms with E-state index in [9.17, 15) is 0 Å². The zero-order chi connectivity index (χ0) is 13.1. The van der Waals surface area contributed by atoms with E-state index >= 15 is 0 Å². The summed E-state index contributed by atoms with van der Waals surface area (Å²) < 4.78 is 1.94. The summed E-state index contributed by atoms with van der Waals surface area (Å²) in [6, 6.07) is 4.13. The smallest absolute Gasteiger partial charge is 0.191 e. The molecular weight excluding hydrogens is 256 g/mol. The summed E-state index contributed by atoms with van der Waals surface area (Å²) in [5.41, 5.74) is 0. The molecule has 0 unspecified atom stereocenters. The summed E-state index contributed by atoms with van der Waals surface area (Å²) in [7, 11) is 2.00. The van der Waals surface area contributed by atoms with Crippen molar-refractivity contribution >= 4 is 11.3 Å². The maximum Gasteiger partial charge on any atom is 0.191 e. The van der Waals surface area contributed by atoms with Crippen molar-refractivity contribution in [3.63, 3.8) is 0 Å². The van der Waals surface area contributed by atoms with Crippen molar-refractivity contribution in [3.8, 4) is 10.7 Å². The van der Waals surface area contributed by atoms with Gasteiger partial charge in [-0.2, -0.15) is 5.10 Å². The van der Waals surface area contributed by atoms with E-state index in [0.29, 0.717) is 0 Å². The number of aryl methyl sites for hydroxylation is 2. The minimum atomic E-state index is 0.850. The van der Waals surface area contributed by atoms with Crippen LogP contribution in [-0.2, 0) is 13.5 Å². The molecule has 1 aliphatic heterocycles. The average molecular weight is 276 g/mol. The van der Waals surface area contributed by atoms with Crippen molar-refractivity contribution in [3.05, 3.63) is 23.3 Å².